The molecule has 0 unspecified atom stereocenters. The predicted molar refractivity (Wildman–Crippen MR) is 65.1 cm³/mol. The van der Waals surface area contributed by atoms with Crippen molar-refractivity contribution in [2.24, 2.45) is 5.92 Å². The second kappa shape index (κ2) is 5.04. The molecule has 1 aromatic carbocycles. The lowest BCUT2D eigenvalue weighted by molar-refractivity contribution is 0.0820. The third-order valence-corrected chi connectivity index (χ3v) is 4.46. The average Bonchev–Trinajstić information content (AvgIpc) is 2.25. The number of aliphatic hydroxyl groups excluding tert-OH is 1. The number of benzene rings is 1. The zero-order chi connectivity index (χ0) is 10.7. The Morgan fingerprint density at radius 1 is 1.20 bits per heavy atom. The lowest BCUT2D eigenvalue weighted by atomic mass is 9.88. The van der Waals surface area contributed by atoms with E-state index in [9.17, 15) is 5.11 Å². The van der Waals surface area contributed by atoms with Crippen LogP contribution in [0.25, 0.3) is 0 Å². The van der Waals surface area contributed by atoms with Crippen molar-refractivity contribution in [1.29, 1.82) is 0 Å². The first-order chi connectivity index (χ1) is 7.25. The molecule has 1 fully saturated rings. The van der Waals surface area contributed by atoms with E-state index in [1.54, 1.807) is 0 Å². The van der Waals surface area contributed by atoms with E-state index in [2.05, 4.69) is 31.2 Å². The van der Waals surface area contributed by atoms with Crippen molar-refractivity contribution in [3.8, 4) is 0 Å². The monoisotopic (exact) mass is 222 g/mol. The van der Waals surface area contributed by atoms with Crippen LogP contribution < -0.4 is 0 Å². The molecule has 0 radical (unpaired) electrons. The number of thioether (sulfide) groups is 1. The summed E-state index contributed by atoms with van der Waals surface area (Å²) in [4.78, 5) is 1.32. The van der Waals surface area contributed by atoms with Gasteiger partial charge in [-0.05, 0) is 37.3 Å². The van der Waals surface area contributed by atoms with Crippen LogP contribution in [0.5, 0.6) is 0 Å². The number of hydrogen-bond donors (Lipinski definition) is 1. The van der Waals surface area contributed by atoms with E-state index in [0.29, 0.717) is 11.2 Å². The first-order valence-electron chi connectivity index (χ1n) is 5.65. The summed E-state index contributed by atoms with van der Waals surface area (Å²) >= 11 is 1.91. The molecule has 1 aliphatic rings. The van der Waals surface area contributed by atoms with Gasteiger partial charge in [0.1, 0.15) is 0 Å². The van der Waals surface area contributed by atoms with Crippen LogP contribution in [-0.4, -0.2) is 16.5 Å². The number of aliphatic hydroxyl groups is 1. The maximum Gasteiger partial charge on any atom is 0.0576 e. The summed E-state index contributed by atoms with van der Waals surface area (Å²) in [5.41, 5.74) is 0. The van der Waals surface area contributed by atoms with Crippen LogP contribution in [0.1, 0.15) is 26.2 Å². The van der Waals surface area contributed by atoms with E-state index in [1.165, 1.54) is 11.3 Å². The number of rotatable bonds is 2. The molecule has 3 atom stereocenters. The smallest absolute Gasteiger partial charge is 0.0576 e. The summed E-state index contributed by atoms with van der Waals surface area (Å²) < 4.78 is 0. The van der Waals surface area contributed by atoms with Crippen LogP contribution in [0.4, 0.5) is 0 Å². The van der Waals surface area contributed by atoms with Crippen molar-refractivity contribution in [3.63, 3.8) is 0 Å². The third-order valence-electron chi connectivity index (χ3n) is 3.15. The van der Waals surface area contributed by atoms with E-state index in [-0.39, 0.29) is 6.10 Å². The van der Waals surface area contributed by atoms with Gasteiger partial charge >= 0.3 is 0 Å². The second-order valence-corrected chi connectivity index (χ2v) is 5.78. The minimum atomic E-state index is -0.0973. The molecule has 0 aliphatic heterocycles. The van der Waals surface area contributed by atoms with E-state index >= 15 is 0 Å². The van der Waals surface area contributed by atoms with E-state index in [4.69, 9.17) is 0 Å². The van der Waals surface area contributed by atoms with Crippen molar-refractivity contribution in [1.82, 2.24) is 0 Å². The molecule has 82 valence electrons. The minimum Gasteiger partial charge on any atom is -0.393 e. The average molecular weight is 222 g/mol. The Balaban J connectivity index is 1.91. The SMILES string of the molecule is C[C@@H]1CC[C@@H](Sc2ccccc2)C[C@H]1O. The summed E-state index contributed by atoms with van der Waals surface area (Å²) in [6.07, 6.45) is 3.24. The highest BCUT2D eigenvalue weighted by Crippen LogP contribution is 2.35. The highest BCUT2D eigenvalue weighted by Gasteiger charge is 2.26. The third kappa shape index (κ3) is 2.99. The molecule has 1 saturated carbocycles. The standard InChI is InChI=1S/C13H18OS/c1-10-7-8-12(9-13(10)14)15-11-5-3-2-4-6-11/h2-6,10,12-14H,7-9H2,1H3/t10-,12-,13-/m1/s1. The Kier molecular flexibility index (Phi) is 3.71. The highest BCUT2D eigenvalue weighted by molar-refractivity contribution is 8.00. The second-order valence-electron chi connectivity index (χ2n) is 4.41. The molecule has 1 aromatic rings. The Bertz CT molecular complexity index is 299. The van der Waals surface area contributed by atoms with Crippen molar-refractivity contribution in [2.45, 2.75) is 42.4 Å². The Morgan fingerprint density at radius 2 is 1.93 bits per heavy atom. The largest absolute Gasteiger partial charge is 0.393 e. The molecule has 1 N–H and O–H groups in total. The van der Waals surface area contributed by atoms with Gasteiger partial charge < -0.3 is 5.11 Å². The molecular formula is C13H18OS. The Labute approximate surface area is 95.9 Å². The zero-order valence-corrected chi connectivity index (χ0v) is 9.91. The van der Waals surface area contributed by atoms with Gasteiger partial charge in [0.2, 0.25) is 0 Å². The molecule has 0 spiro atoms. The lowest BCUT2D eigenvalue weighted by Crippen LogP contribution is -2.28. The number of hydrogen-bond acceptors (Lipinski definition) is 2. The van der Waals surface area contributed by atoms with Crippen LogP contribution in [0, 0.1) is 5.92 Å². The summed E-state index contributed by atoms with van der Waals surface area (Å²) in [6, 6.07) is 10.5. The molecule has 2 heteroatoms. The Hall–Kier alpha value is -0.470. The normalized spacial score (nSPS) is 31.5. The van der Waals surface area contributed by atoms with Crippen LogP contribution in [-0.2, 0) is 0 Å². The van der Waals surface area contributed by atoms with Crippen molar-refractivity contribution < 1.29 is 5.11 Å². The van der Waals surface area contributed by atoms with Gasteiger partial charge in [-0.2, -0.15) is 0 Å². The van der Waals surface area contributed by atoms with E-state index < -0.39 is 0 Å². The fourth-order valence-corrected chi connectivity index (χ4v) is 3.31. The molecule has 0 aromatic heterocycles. The summed E-state index contributed by atoms with van der Waals surface area (Å²) in [7, 11) is 0. The first-order valence-corrected chi connectivity index (χ1v) is 6.53. The predicted octanol–water partition coefficient (Wildman–Crippen LogP) is 3.33. The van der Waals surface area contributed by atoms with Crippen LogP contribution >= 0.6 is 11.8 Å². The summed E-state index contributed by atoms with van der Waals surface area (Å²) in [6.45, 7) is 2.15. The molecule has 15 heavy (non-hydrogen) atoms. The van der Waals surface area contributed by atoms with Crippen LogP contribution in [0.3, 0.4) is 0 Å². The van der Waals surface area contributed by atoms with Gasteiger partial charge in [-0.3, -0.25) is 0 Å². The maximum atomic E-state index is 9.81. The molecule has 0 heterocycles. The molecular weight excluding hydrogens is 204 g/mol. The van der Waals surface area contributed by atoms with Gasteiger partial charge in [-0.25, -0.2) is 0 Å². The summed E-state index contributed by atoms with van der Waals surface area (Å²) in [5.74, 6) is 0.484. The van der Waals surface area contributed by atoms with Crippen LogP contribution in [0.15, 0.2) is 35.2 Å². The van der Waals surface area contributed by atoms with Gasteiger partial charge in [0.25, 0.3) is 0 Å². The van der Waals surface area contributed by atoms with Gasteiger partial charge in [0, 0.05) is 10.1 Å². The van der Waals surface area contributed by atoms with E-state index in [1.807, 2.05) is 17.8 Å². The highest BCUT2D eigenvalue weighted by atomic mass is 32.2. The molecule has 1 nitrogen and oxygen atoms in total. The van der Waals surface area contributed by atoms with Gasteiger partial charge in [-0.15, -0.1) is 11.8 Å². The van der Waals surface area contributed by atoms with E-state index in [0.717, 1.165) is 12.8 Å². The maximum absolute atomic E-state index is 9.81. The van der Waals surface area contributed by atoms with Gasteiger partial charge in [0.15, 0.2) is 0 Å². The minimum absolute atomic E-state index is 0.0973. The Morgan fingerprint density at radius 3 is 2.60 bits per heavy atom. The molecule has 0 bridgehead atoms. The lowest BCUT2D eigenvalue weighted by Gasteiger charge is -2.30. The zero-order valence-electron chi connectivity index (χ0n) is 9.10. The summed E-state index contributed by atoms with van der Waals surface area (Å²) in [5, 5.41) is 10.4. The molecule has 1 aliphatic carbocycles. The van der Waals surface area contributed by atoms with Crippen molar-refractivity contribution >= 4 is 11.8 Å². The first kappa shape index (κ1) is 11.0. The van der Waals surface area contributed by atoms with Crippen molar-refractivity contribution in [3.05, 3.63) is 30.3 Å². The fourth-order valence-electron chi connectivity index (χ4n) is 2.06. The van der Waals surface area contributed by atoms with Crippen molar-refractivity contribution in [2.75, 3.05) is 0 Å². The quantitative estimate of drug-likeness (QED) is 0.828. The fraction of sp³-hybridized carbons (Fsp3) is 0.538. The molecule has 2 rings (SSSR count). The van der Waals surface area contributed by atoms with Crippen LogP contribution in [0.2, 0.25) is 0 Å². The topological polar surface area (TPSA) is 20.2 Å². The van der Waals surface area contributed by atoms with Gasteiger partial charge in [-0.1, -0.05) is 25.1 Å². The molecule has 0 saturated heterocycles. The molecule has 0 amide bonds. The van der Waals surface area contributed by atoms with Gasteiger partial charge in [0.05, 0.1) is 6.10 Å².